The Kier molecular flexibility index (Phi) is 4.58. The van der Waals surface area contributed by atoms with Crippen LogP contribution in [0.3, 0.4) is 0 Å². The molecule has 94 valence electrons. The summed E-state index contributed by atoms with van der Waals surface area (Å²) in [6.45, 7) is 2.74. The number of nitrogens with one attached hydrogen (secondary N) is 1. The van der Waals surface area contributed by atoms with Gasteiger partial charge in [0.05, 0.1) is 4.92 Å². The van der Waals surface area contributed by atoms with Gasteiger partial charge in [0.1, 0.15) is 6.20 Å². The summed E-state index contributed by atoms with van der Waals surface area (Å²) in [7, 11) is 1.76. The Morgan fingerprint density at radius 3 is 2.88 bits per heavy atom. The second kappa shape index (κ2) is 5.94. The lowest BCUT2D eigenvalue weighted by Crippen LogP contribution is -2.22. The smallest absolute Gasteiger partial charge is 0.329 e. The average molecular weight is 240 g/mol. The molecule has 0 aliphatic carbocycles. The van der Waals surface area contributed by atoms with Crippen molar-refractivity contribution < 1.29 is 4.92 Å². The maximum absolute atomic E-state index is 10.8. The molecule has 8 heteroatoms. The van der Waals surface area contributed by atoms with Crippen LogP contribution < -0.4 is 16.2 Å². The number of rotatable bonds is 6. The van der Waals surface area contributed by atoms with Crippen LogP contribution in [-0.4, -0.2) is 28.5 Å². The summed E-state index contributed by atoms with van der Waals surface area (Å²) in [6, 6.07) is 0. The number of nitrogens with two attached hydrogens (primary N) is 1. The summed E-state index contributed by atoms with van der Waals surface area (Å²) in [6.07, 6.45) is 3.09. The Morgan fingerprint density at radius 1 is 1.65 bits per heavy atom. The highest BCUT2D eigenvalue weighted by Gasteiger charge is 2.20. The zero-order valence-electron chi connectivity index (χ0n) is 9.88. The summed E-state index contributed by atoms with van der Waals surface area (Å²) in [5.41, 5.74) is 2.15. The van der Waals surface area contributed by atoms with Crippen molar-refractivity contribution in [1.82, 2.24) is 9.97 Å². The second-order valence-electron chi connectivity index (χ2n) is 3.58. The number of nitro groups is 1. The number of nitrogens with zero attached hydrogens (tertiary/aromatic N) is 4. The second-order valence-corrected chi connectivity index (χ2v) is 3.58. The predicted molar refractivity (Wildman–Crippen MR) is 64.7 cm³/mol. The van der Waals surface area contributed by atoms with Crippen molar-refractivity contribution in [3.8, 4) is 0 Å². The van der Waals surface area contributed by atoms with Crippen molar-refractivity contribution in [3.05, 3.63) is 16.3 Å². The molecule has 1 aromatic rings. The molecule has 0 fully saturated rings. The largest absolute Gasteiger partial charge is 0.354 e. The predicted octanol–water partition coefficient (Wildman–Crippen LogP) is 0.907. The van der Waals surface area contributed by atoms with Gasteiger partial charge in [0.25, 0.3) is 0 Å². The van der Waals surface area contributed by atoms with Crippen molar-refractivity contribution in [2.24, 2.45) is 5.84 Å². The number of anilines is 2. The molecule has 0 saturated carbocycles. The topological polar surface area (TPSA) is 110 Å². The molecule has 0 saturated heterocycles. The minimum absolute atomic E-state index is 0.123. The minimum Gasteiger partial charge on any atom is -0.354 e. The van der Waals surface area contributed by atoms with E-state index in [-0.39, 0.29) is 17.5 Å². The third-order valence-corrected chi connectivity index (χ3v) is 2.28. The molecule has 0 bridgehead atoms. The minimum atomic E-state index is -0.502. The van der Waals surface area contributed by atoms with Crippen LogP contribution in [0.25, 0.3) is 0 Å². The van der Waals surface area contributed by atoms with Gasteiger partial charge >= 0.3 is 5.69 Å². The maximum Gasteiger partial charge on any atom is 0.329 e. The van der Waals surface area contributed by atoms with Gasteiger partial charge in [-0.3, -0.25) is 15.5 Å². The van der Waals surface area contributed by atoms with Gasteiger partial charge in [0.15, 0.2) is 0 Å². The van der Waals surface area contributed by atoms with Crippen LogP contribution in [0, 0.1) is 10.1 Å². The lowest BCUT2D eigenvalue weighted by Gasteiger charge is -2.17. The first-order valence-corrected chi connectivity index (χ1v) is 5.29. The summed E-state index contributed by atoms with van der Waals surface area (Å²) < 4.78 is 0. The molecule has 0 aliphatic rings. The summed E-state index contributed by atoms with van der Waals surface area (Å²) in [5.74, 6) is 5.61. The average Bonchev–Trinajstić information content (AvgIpc) is 2.34. The summed E-state index contributed by atoms with van der Waals surface area (Å²) >= 11 is 0. The molecule has 0 amide bonds. The van der Waals surface area contributed by atoms with E-state index in [4.69, 9.17) is 5.84 Å². The molecule has 1 aromatic heterocycles. The highest BCUT2D eigenvalue weighted by Crippen LogP contribution is 2.24. The van der Waals surface area contributed by atoms with E-state index in [9.17, 15) is 10.1 Å². The zero-order chi connectivity index (χ0) is 12.8. The van der Waals surface area contributed by atoms with E-state index in [1.807, 2.05) is 0 Å². The molecule has 0 unspecified atom stereocenters. The van der Waals surface area contributed by atoms with E-state index in [1.165, 1.54) is 0 Å². The van der Waals surface area contributed by atoms with Crippen LogP contribution in [0.4, 0.5) is 17.5 Å². The fraction of sp³-hybridized carbons (Fsp3) is 0.556. The molecule has 0 spiro atoms. The molecule has 0 aliphatic heterocycles. The van der Waals surface area contributed by atoms with Gasteiger partial charge in [-0.25, -0.2) is 10.8 Å². The number of hydrogen-bond acceptors (Lipinski definition) is 7. The fourth-order valence-corrected chi connectivity index (χ4v) is 1.35. The van der Waals surface area contributed by atoms with Crippen LogP contribution in [0.5, 0.6) is 0 Å². The number of hydrogen-bond donors (Lipinski definition) is 2. The van der Waals surface area contributed by atoms with Crippen molar-refractivity contribution in [3.63, 3.8) is 0 Å². The van der Waals surface area contributed by atoms with Gasteiger partial charge in [-0.05, 0) is 6.42 Å². The monoisotopic (exact) mass is 240 g/mol. The van der Waals surface area contributed by atoms with Crippen molar-refractivity contribution in [1.29, 1.82) is 0 Å². The van der Waals surface area contributed by atoms with Crippen molar-refractivity contribution in [2.45, 2.75) is 19.8 Å². The van der Waals surface area contributed by atoms with E-state index >= 15 is 0 Å². The first-order valence-electron chi connectivity index (χ1n) is 5.29. The van der Waals surface area contributed by atoms with Gasteiger partial charge in [0.2, 0.25) is 11.8 Å². The number of hydrazine groups is 1. The van der Waals surface area contributed by atoms with E-state index in [0.29, 0.717) is 6.54 Å². The Bertz CT molecular complexity index is 397. The van der Waals surface area contributed by atoms with Crippen molar-refractivity contribution >= 4 is 17.5 Å². The molecule has 1 heterocycles. The summed E-state index contributed by atoms with van der Waals surface area (Å²) in [5, 5.41) is 10.8. The van der Waals surface area contributed by atoms with E-state index in [0.717, 1.165) is 19.0 Å². The molecule has 0 aromatic carbocycles. The molecule has 0 atom stereocenters. The standard InChI is InChI=1S/C9H16N6O2/c1-3-4-5-14(2)8-7(15(16)17)6-11-9(12-8)13-10/h6H,3-5,10H2,1-2H3,(H,11,12,13). The molecular weight excluding hydrogens is 224 g/mol. The molecule has 0 radical (unpaired) electrons. The van der Waals surface area contributed by atoms with Crippen LogP contribution in [0.15, 0.2) is 6.20 Å². The molecule has 1 rings (SSSR count). The lowest BCUT2D eigenvalue weighted by molar-refractivity contribution is -0.384. The third-order valence-electron chi connectivity index (χ3n) is 2.28. The van der Waals surface area contributed by atoms with Crippen LogP contribution in [-0.2, 0) is 0 Å². The van der Waals surface area contributed by atoms with Gasteiger partial charge in [-0.1, -0.05) is 13.3 Å². The van der Waals surface area contributed by atoms with Gasteiger partial charge in [0, 0.05) is 13.6 Å². The lowest BCUT2D eigenvalue weighted by atomic mass is 10.3. The van der Waals surface area contributed by atoms with Crippen LogP contribution in [0.1, 0.15) is 19.8 Å². The Morgan fingerprint density at radius 2 is 2.35 bits per heavy atom. The number of aromatic nitrogens is 2. The highest BCUT2D eigenvalue weighted by atomic mass is 16.6. The first-order chi connectivity index (χ1) is 8.10. The van der Waals surface area contributed by atoms with E-state index < -0.39 is 4.92 Å². The van der Waals surface area contributed by atoms with Gasteiger partial charge in [-0.2, -0.15) is 4.98 Å². The van der Waals surface area contributed by atoms with E-state index in [2.05, 4.69) is 22.3 Å². The fourth-order valence-electron chi connectivity index (χ4n) is 1.35. The maximum atomic E-state index is 10.8. The van der Waals surface area contributed by atoms with Gasteiger partial charge in [-0.15, -0.1) is 0 Å². The quantitative estimate of drug-likeness (QED) is 0.432. The molecule has 17 heavy (non-hydrogen) atoms. The Labute approximate surface area is 99.0 Å². The zero-order valence-corrected chi connectivity index (χ0v) is 9.88. The van der Waals surface area contributed by atoms with Gasteiger partial charge < -0.3 is 4.90 Å². The Balaban J connectivity index is 3.03. The van der Waals surface area contributed by atoms with E-state index in [1.54, 1.807) is 11.9 Å². The molecule has 8 nitrogen and oxygen atoms in total. The van der Waals surface area contributed by atoms with Crippen LogP contribution in [0.2, 0.25) is 0 Å². The van der Waals surface area contributed by atoms with Crippen molar-refractivity contribution in [2.75, 3.05) is 23.9 Å². The SMILES string of the molecule is CCCCN(C)c1nc(NN)ncc1[N+](=O)[O-]. The third kappa shape index (κ3) is 3.25. The number of nitrogen functional groups attached to an aromatic ring is 1. The number of unbranched alkanes of at least 4 members (excludes halogenated alkanes) is 1. The molecular formula is C9H16N6O2. The van der Waals surface area contributed by atoms with Crippen LogP contribution >= 0.6 is 0 Å². The highest BCUT2D eigenvalue weighted by molar-refractivity contribution is 5.58. The first kappa shape index (κ1) is 13.1. The summed E-state index contributed by atoms with van der Waals surface area (Å²) in [4.78, 5) is 19.8. The normalized spacial score (nSPS) is 10.1. The Hall–Kier alpha value is -1.96. The molecule has 3 N–H and O–H groups in total.